The molecule has 0 bridgehead atoms. The Balaban J connectivity index is 2.09. The van der Waals surface area contributed by atoms with Crippen molar-refractivity contribution >= 4 is 10.9 Å². The fraction of sp³-hybridized carbons (Fsp3) is 0.385. The molecule has 2 N–H and O–H groups in total. The van der Waals surface area contributed by atoms with Crippen LogP contribution in [0, 0.1) is 5.92 Å². The maximum Gasteiger partial charge on any atom is 0.0456 e. The van der Waals surface area contributed by atoms with E-state index in [4.69, 9.17) is 5.11 Å². The van der Waals surface area contributed by atoms with Gasteiger partial charge in [-0.2, -0.15) is 0 Å². The number of benzene rings is 1. The highest BCUT2D eigenvalue weighted by Crippen LogP contribution is 2.16. The second-order valence-electron chi connectivity index (χ2n) is 4.21. The van der Waals surface area contributed by atoms with Crippen LogP contribution in [0.3, 0.4) is 0 Å². The molecule has 1 heterocycles. The molecule has 80 valence electrons. The van der Waals surface area contributed by atoms with Gasteiger partial charge in [-0.3, -0.25) is 0 Å². The quantitative estimate of drug-likeness (QED) is 0.787. The third-order valence-electron chi connectivity index (χ3n) is 2.80. The maximum atomic E-state index is 8.94. The summed E-state index contributed by atoms with van der Waals surface area (Å²) in [5.41, 5.74) is 2.46. The standard InChI is InChI=1S/C13H17NO/c1-10(9-15)6-7-12-8-11-4-2-3-5-13(11)14-12/h2-5,8,10,14-15H,6-7,9H2,1H3. The van der Waals surface area contributed by atoms with E-state index in [1.807, 2.05) is 6.07 Å². The fourth-order valence-electron chi connectivity index (χ4n) is 1.76. The first-order valence-electron chi connectivity index (χ1n) is 5.47. The number of aryl methyl sites for hydroxylation is 1. The third-order valence-corrected chi connectivity index (χ3v) is 2.80. The number of aromatic nitrogens is 1. The normalized spacial score (nSPS) is 13.2. The van der Waals surface area contributed by atoms with Gasteiger partial charge in [-0.1, -0.05) is 25.1 Å². The Bertz CT molecular complexity index is 400. The summed E-state index contributed by atoms with van der Waals surface area (Å²) >= 11 is 0. The number of aromatic amines is 1. The Morgan fingerprint density at radius 3 is 2.87 bits per heavy atom. The van der Waals surface area contributed by atoms with Crippen LogP contribution in [0.2, 0.25) is 0 Å². The van der Waals surface area contributed by atoms with Gasteiger partial charge < -0.3 is 10.1 Å². The second-order valence-corrected chi connectivity index (χ2v) is 4.21. The molecule has 0 aliphatic heterocycles. The minimum atomic E-state index is 0.278. The summed E-state index contributed by atoms with van der Waals surface area (Å²) in [5.74, 6) is 0.386. The molecule has 0 amide bonds. The summed E-state index contributed by atoms with van der Waals surface area (Å²) in [6, 6.07) is 10.5. The molecular weight excluding hydrogens is 186 g/mol. The van der Waals surface area contributed by atoms with Crippen LogP contribution in [-0.4, -0.2) is 16.7 Å². The predicted molar refractivity (Wildman–Crippen MR) is 62.9 cm³/mol. The Morgan fingerprint density at radius 1 is 1.33 bits per heavy atom. The first-order chi connectivity index (χ1) is 7.29. The van der Waals surface area contributed by atoms with E-state index in [1.54, 1.807) is 0 Å². The van der Waals surface area contributed by atoms with Gasteiger partial charge in [-0.25, -0.2) is 0 Å². The summed E-state index contributed by atoms with van der Waals surface area (Å²) in [4.78, 5) is 3.39. The zero-order valence-electron chi connectivity index (χ0n) is 9.03. The minimum absolute atomic E-state index is 0.278. The maximum absolute atomic E-state index is 8.94. The Kier molecular flexibility index (Phi) is 3.07. The van der Waals surface area contributed by atoms with Gasteiger partial charge in [0.2, 0.25) is 0 Å². The molecule has 0 aliphatic rings. The van der Waals surface area contributed by atoms with Gasteiger partial charge in [-0.05, 0) is 36.3 Å². The number of fused-ring (bicyclic) bond motifs is 1. The van der Waals surface area contributed by atoms with Crippen molar-refractivity contribution in [3.05, 3.63) is 36.0 Å². The summed E-state index contributed by atoms with van der Waals surface area (Å²) < 4.78 is 0. The Morgan fingerprint density at radius 2 is 2.13 bits per heavy atom. The minimum Gasteiger partial charge on any atom is -0.396 e. The highest BCUT2D eigenvalue weighted by Gasteiger charge is 2.03. The van der Waals surface area contributed by atoms with Crippen LogP contribution < -0.4 is 0 Å². The number of nitrogens with one attached hydrogen (secondary N) is 1. The summed E-state index contributed by atoms with van der Waals surface area (Å²) in [6.07, 6.45) is 2.04. The summed E-state index contributed by atoms with van der Waals surface area (Å²) in [6.45, 7) is 2.35. The molecule has 0 fully saturated rings. The lowest BCUT2D eigenvalue weighted by molar-refractivity contribution is 0.230. The second kappa shape index (κ2) is 4.49. The van der Waals surface area contributed by atoms with E-state index in [9.17, 15) is 0 Å². The average Bonchev–Trinajstić information content (AvgIpc) is 2.68. The van der Waals surface area contributed by atoms with Crippen LogP contribution >= 0.6 is 0 Å². The molecule has 0 saturated carbocycles. The van der Waals surface area contributed by atoms with Crippen molar-refractivity contribution in [1.29, 1.82) is 0 Å². The molecule has 0 saturated heterocycles. The molecular formula is C13H17NO. The predicted octanol–water partition coefficient (Wildman–Crippen LogP) is 2.73. The van der Waals surface area contributed by atoms with Crippen molar-refractivity contribution in [2.75, 3.05) is 6.61 Å². The highest BCUT2D eigenvalue weighted by atomic mass is 16.3. The third kappa shape index (κ3) is 2.39. The van der Waals surface area contributed by atoms with Crippen LogP contribution in [0.25, 0.3) is 10.9 Å². The van der Waals surface area contributed by atoms with E-state index in [2.05, 4.69) is 36.2 Å². The Hall–Kier alpha value is -1.28. The van der Waals surface area contributed by atoms with Crippen molar-refractivity contribution in [2.24, 2.45) is 5.92 Å². The fourth-order valence-corrected chi connectivity index (χ4v) is 1.76. The van der Waals surface area contributed by atoms with E-state index >= 15 is 0 Å². The van der Waals surface area contributed by atoms with Gasteiger partial charge in [0.1, 0.15) is 0 Å². The van der Waals surface area contributed by atoms with Crippen LogP contribution in [0.4, 0.5) is 0 Å². The number of hydrogen-bond donors (Lipinski definition) is 2. The largest absolute Gasteiger partial charge is 0.396 e. The van der Waals surface area contributed by atoms with Crippen molar-refractivity contribution in [3.63, 3.8) is 0 Å². The molecule has 1 aromatic heterocycles. The molecule has 1 atom stereocenters. The number of aliphatic hydroxyl groups is 1. The van der Waals surface area contributed by atoms with Crippen molar-refractivity contribution in [1.82, 2.24) is 4.98 Å². The highest BCUT2D eigenvalue weighted by molar-refractivity contribution is 5.80. The first kappa shape index (κ1) is 10.2. The van der Waals surface area contributed by atoms with Crippen LogP contribution in [0.1, 0.15) is 19.0 Å². The van der Waals surface area contributed by atoms with Crippen LogP contribution in [-0.2, 0) is 6.42 Å². The molecule has 2 aromatic rings. The lowest BCUT2D eigenvalue weighted by atomic mass is 10.1. The monoisotopic (exact) mass is 203 g/mol. The van der Waals surface area contributed by atoms with Crippen molar-refractivity contribution in [2.45, 2.75) is 19.8 Å². The molecule has 0 spiro atoms. The molecule has 0 aliphatic carbocycles. The van der Waals surface area contributed by atoms with E-state index in [1.165, 1.54) is 16.6 Å². The van der Waals surface area contributed by atoms with E-state index < -0.39 is 0 Å². The van der Waals surface area contributed by atoms with Crippen LogP contribution in [0.5, 0.6) is 0 Å². The SMILES string of the molecule is CC(CO)CCc1cc2ccccc2[nH]1. The number of hydrogen-bond acceptors (Lipinski definition) is 1. The number of para-hydroxylation sites is 1. The Labute approximate surface area is 89.9 Å². The molecule has 2 heteroatoms. The van der Waals surface area contributed by atoms with Gasteiger partial charge in [0, 0.05) is 17.8 Å². The van der Waals surface area contributed by atoms with Gasteiger partial charge in [-0.15, -0.1) is 0 Å². The molecule has 1 aromatic carbocycles. The zero-order chi connectivity index (χ0) is 10.7. The summed E-state index contributed by atoms with van der Waals surface area (Å²) in [7, 11) is 0. The topological polar surface area (TPSA) is 36.0 Å². The number of aliphatic hydroxyl groups excluding tert-OH is 1. The lowest BCUT2D eigenvalue weighted by Gasteiger charge is -2.05. The molecule has 2 nitrogen and oxygen atoms in total. The number of H-pyrrole nitrogens is 1. The van der Waals surface area contributed by atoms with Gasteiger partial charge >= 0.3 is 0 Å². The van der Waals surface area contributed by atoms with E-state index in [-0.39, 0.29) is 6.61 Å². The average molecular weight is 203 g/mol. The van der Waals surface area contributed by atoms with Gasteiger partial charge in [0.25, 0.3) is 0 Å². The van der Waals surface area contributed by atoms with Crippen molar-refractivity contribution in [3.8, 4) is 0 Å². The van der Waals surface area contributed by atoms with Gasteiger partial charge in [0.15, 0.2) is 0 Å². The zero-order valence-corrected chi connectivity index (χ0v) is 9.03. The van der Waals surface area contributed by atoms with Gasteiger partial charge in [0.05, 0.1) is 0 Å². The van der Waals surface area contributed by atoms with Crippen LogP contribution in [0.15, 0.2) is 30.3 Å². The molecule has 1 unspecified atom stereocenters. The smallest absolute Gasteiger partial charge is 0.0456 e. The molecule has 2 rings (SSSR count). The first-order valence-corrected chi connectivity index (χ1v) is 5.47. The van der Waals surface area contributed by atoms with Crippen molar-refractivity contribution < 1.29 is 5.11 Å². The lowest BCUT2D eigenvalue weighted by Crippen LogP contribution is -2.02. The summed E-state index contributed by atoms with van der Waals surface area (Å²) in [5, 5.41) is 10.2. The van der Waals surface area contributed by atoms with E-state index in [0.29, 0.717) is 5.92 Å². The molecule has 15 heavy (non-hydrogen) atoms. The van der Waals surface area contributed by atoms with E-state index in [0.717, 1.165) is 12.8 Å². The molecule has 0 radical (unpaired) electrons. The number of rotatable bonds is 4.